The molecule has 2 unspecified atom stereocenters. The Morgan fingerprint density at radius 1 is 1.50 bits per heavy atom. The van der Waals surface area contributed by atoms with Crippen molar-refractivity contribution in [3.8, 4) is 0 Å². The van der Waals surface area contributed by atoms with Gasteiger partial charge in [0.15, 0.2) is 5.78 Å². The van der Waals surface area contributed by atoms with E-state index in [2.05, 4.69) is 13.8 Å². The van der Waals surface area contributed by atoms with Crippen LogP contribution in [-0.2, 0) is 10.8 Å². The quantitative estimate of drug-likeness (QED) is 0.735. The van der Waals surface area contributed by atoms with Crippen LogP contribution < -0.4 is 0 Å². The molecule has 0 aromatic carbocycles. The Balaban J connectivity index is 2.49. The third kappa shape index (κ3) is 4.18. The summed E-state index contributed by atoms with van der Waals surface area (Å²) in [7, 11) is -1.01. The summed E-state index contributed by atoms with van der Waals surface area (Å²) >= 11 is 1.48. The number of aryl methyl sites for hydroxylation is 1. The number of carbonyl (C=O) groups is 1. The number of carbonyl (C=O) groups excluding carboxylic acids is 1. The van der Waals surface area contributed by atoms with Crippen molar-refractivity contribution in [3.63, 3.8) is 0 Å². The van der Waals surface area contributed by atoms with Crippen molar-refractivity contribution in [2.45, 2.75) is 27.2 Å². The molecule has 0 radical (unpaired) electrons. The first-order chi connectivity index (χ1) is 7.52. The lowest BCUT2D eigenvalue weighted by atomic mass is 10.2. The van der Waals surface area contributed by atoms with E-state index in [1.54, 1.807) is 0 Å². The molecule has 0 N–H and O–H groups in total. The summed E-state index contributed by atoms with van der Waals surface area (Å²) in [4.78, 5) is 13.6. The summed E-state index contributed by atoms with van der Waals surface area (Å²) in [5.74, 6) is 1.25. The maximum absolute atomic E-state index is 11.8. The topological polar surface area (TPSA) is 34.1 Å². The molecule has 0 fully saturated rings. The molecule has 0 aliphatic heterocycles. The van der Waals surface area contributed by atoms with Crippen LogP contribution >= 0.6 is 11.3 Å². The van der Waals surface area contributed by atoms with Crippen molar-refractivity contribution >= 4 is 27.9 Å². The maximum atomic E-state index is 11.8. The zero-order valence-corrected chi connectivity index (χ0v) is 11.6. The van der Waals surface area contributed by atoms with Crippen LogP contribution in [-0.4, -0.2) is 21.5 Å². The van der Waals surface area contributed by atoms with Crippen molar-refractivity contribution in [2.75, 3.05) is 11.5 Å². The molecule has 90 valence electrons. The summed E-state index contributed by atoms with van der Waals surface area (Å²) in [5, 5.41) is 0. The number of rotatable bonds is 6. The highest BCUT2D eigenvalue weighted by Gasteiger charge is 2.14. The lowest BCUT2D eigenvalue weighted by molar-refractivity contribution is 0.102. The predicted octanol–water partition coefficient (Wildman–Crippen LogP) is 3.03. The molecule has 1 aromatic heterocycles. The molecule has 0 amide bonds. The zero-order chi connectivity index (χ0) is 12.1. The largest absolute Gasteiger partial charge is 0.292 e. The van der Waals surface area contributed by atoms with Gasteiger partial charge in [0.25, 0.3) is 0 Å². The summed E-state index contributed by atoms with van der Waals surface area (Å²) in [6.45, 7) is 6.11. The van der Waals surface area contributed by atoms with Gasteiger partial charge in [-0.3, -0.25) is 9.00 Å². The molecule has 0 saturated heterocycles. The van der Waals surface area contributed by atoms with Crippen LogP contribution in [0, 0.1) is 12.8 Å². The Hall–Kier alpha value is -0.480. The second-order valence-corrected chi connectivity index (χ2v) is 6.89. The number of Topliss-reactive ketones (excluding diaryl/α,β-unsaturated/α-hetero) is 1. The minimum absolute atomic E-state index is 0.0136. The van der Waals surface area contributed by atoms with Gasteiger partial charge in [0.2, 0.25) is 0 Å². The van der Waals surface area contributed by atoms with Gasteiger partial charge in [-0.2, -0.15) is 0 Å². The van der Waals surface area contributed by atoms with Gasteiger partial charge in [-0.05, 0) is 25.0 Å². The highest BCUT2D eigenvalue weighted by molar-refractivity contribution is 7.85. The fourth-order valence-electron chi connectivity index (χ4n) is 1.30. The number of thiophene rings is 1. The SMILES string of the molecule is CCC(C)CS(=O)CC(=O)c1ccc(C)s1. The van der Waals surface area contributed by atoms with E-state index in [0.717, 1.165) is 16.2 Å². The van der Waals surface area contributed by atoms with Crippen LogP contribution in [0.5, 0.6) is 0 Å². The Morgan fingerprint density at radius 3 is 2.69 bits per heavy atom. The molecule has 2 atom stereocenters. The second-order valence-electron chi connectivity index (χ2n) is 4.10. The smallest absolute Gasteiger partial charge is 0.185 e. The van der Waals surface area contributed by atoms with Gasteiger partial charge >= 0.3 is 0 Å². The fraction of sp³-hybridized carbons (Fsp3) is 0.583. The lowest BCUT2D eigenvalue weighted by Crippen LogP contribution is -2.16. The van der Waals surface area contributed by atoms with Crippen molar-refractivity contribution in [1.82, 2.24) is 0 Å². The van der Waals surface area contributed by atoms with Crippen LogP contribution in [0.3, 0.4) is 0 Å². The third-order valence-corrected chi connectivity index (χ3v) is 5.04. The summed E-state index contributed by atoms with van der Waals surface area (Å²) in [5.41, 5.74) is 0. The minimum atomic E-state index is -1.01. The molecule has 2 nitrogen and oxygen atoms in total. The molecular weight excluding hydrogens is 240 g/mol. The van der Waals surface area contributed by atoms with E-state index in [-0.39, 0.29) is 11.5 Å². The monoisotopic (exact) mass is 258 g/mol. The summed E-state index contributed by atoms with van der Waals surface area (Å²) in [6, 6.07) is 3.75. The highest BCUT2D eigenvalue weighted by Crippen LogP contribution is 2.16. The first kappa shape index (κ1) is 13.6. The average Bonchev–Trinajstić information content (AvgIpc) is 2.64. The molecule has 1 heterocycles. The minimum Gasteiger partial charge on any atom is -0.292 e. The van der Waals surface area contributed by atoms with E-state index in [9.17, 15) is 9.00 Å². The highest BCUT2D eigenvalue weighted by atomic mass is 32.2. The van der Waals surface area contributed by atoms with Crippen molar-refractivity contribution in [1.29, 1.82) is 0 Å². The van der Waals surface area contributed by atoms with E-state index in [1.807, 2.05) is 19.1 Å². The molecule has 0 spiro atoms. The molecule has 0 aliphatic rings. The zero-order valence-electron chi connectivity index (χ0n) is 9.99. The van der Waals surface area contributed by atoms with Gasteiger partial charge in [-0.15, -0.1) is 11.3 Å². The van der Waals surface area contributed by atoms with Gasteiger partial charge in [0, 0.05) is 21.4 Å². The Morgan fingerprint density at radius 2 is 2.19 bits per heavy atom. The third-order valence-electron chi connectivity index (χ3n) is 2.47. The van der Waals surface area contributed by atoms with Crippen LogP contribution in [0.15, 0.2) is 12.1 Å². The predicted molar refractivity (Wildman–Crippen MR) is 70.7 cm³/mol. The lowest BCUT2D eigenvalue weighted by Gasteiger charge is -2.06. The molecule has 1 rings (SSSR count). The molecule has 4 heteroatoms. The first-order valence-corrected chi connectivity index (χ1v) is 7.78. The summed E-state index contributed by atoms with van der Waals surface area (Å²) in [6.07, 6.45) is 1.01. The van der Waals surface area contributed by atoms with Gasteiger partial charge in [0.05, 0.1) is 10.6 Å². The van der Waals surface area contributed by atoms with Crippen molar-refractivity contribution < 1.29 is 9.00 Å². The Labute approximate surface area is 104 Å². The normalized spacial score (nSPS) is 14.7. The van der Waals surface area contributed by atoms with Crippen LogP contribution in [0.2, 0.25) is 0 Å². The van der Waals surface area contributed by atoms with E-state index >= 15 is 0 Å². The standard InChI is InChI=1S/C12H18O2S2/c1-4-9(2)7-16(14)8-11(13)12-6-5-10(3)15-12/h5-6,9H,4,7-8H2,1-3H3. The molecule has 1 aromatic rings. The van der Waals surface area contributed by atoms with Crippen molar-refractivity contribution in [2.24, 2.45) is 5.92 Å². The van der Waals surface area contributed by atoms with Gasteiger partial charge in [0.1, 0.15) is 0 Å². The van der Waals surface area contributed by atoms with Gasteiger partial charge < -0.3 is 0 Å². The Bertz CT molecular complexity index is 382. The second kappa shape index (κ2) is 6.30. The number of hydrogen-bond acceptors (Lipinski definition) is 3. The van der Waals surface area contributed by atoms with Gasteiger partial charge in [-0.25, -0.2) is 0 Å². The molecular formula is C12H18O2S2. The van der Waals surface area contributed by atoms with E-state index in [1.165, 1.54) is 11.3 Å². The Kier molecular flexibility index (Phi) is 5.35. The van der Waals surface area contributed by atoms with E-state index in [4.69, 9.17) is 0 Å². The molecule has 0 saturated carbocycles. The molecule has 0 aliphatic carbocycles. The van der Waals surface area contributed by atoms with Crippen LogP contribution in [0.25, 0.3) is 0 Å². The summed E-state index contributed by atoms with van der Waals surface area (Å²) < 4.78 is 11.7. The molecule has 0 bridgehead atoms. The maximum Gasteiger partial charge on any atom is 0.185 e. The van der Waals surface area contributed by atoms with Crippen molar-refractivity contribution in [3.05, 3.63) is 21.9 Å². The van der Waals surface area contributed by atoms with E-state index in [0.29, 0.717) is 11.7 Å². The fourth-order valence-corrected chi connectivity index (χ4v) is 3.63. The van der Waals surface area contributed by atoms with Gasteiger partial charge in [-0.1, -0.05) is 20.3 Å². The number of ketones is 1. The first-order valence-electron chi connectivity index (χ1n) is 5.47. The van der Waals surface area contributed by atoms with Crippen LogP contribution in [0.1, 0.15) is 34.8 Å². The van der Waals surface area contributed by atoms with Crippen LogP contribution in [0.4, 0.5) is 0 Å². The number of hydrogen-bond donors (Lipinski definition) is 0. The van der Waals surface area contributed by atoms with E-state index < -0.39 is 10.8 Å². The average molecular weight is 258 g/mol. The molecule has 16 heavy (non-hydrogen) atoms.